The lowest BCUT2D eigenvalue weighted by molar-refractivity contribution is -0.120. The molecule has 172 valence electrons. The van der Waals surface area contributed by atoms with Crippen molar-refractivity contribution in [2.75, 3.05) is 14.1 Å². The highest BCUT2D eigenvalue weighted by molar-refractivity contribution is 6.30. The van der Waals surface area contributed by atoms with Gasteiger partial charge in [0.05, 0.1) is 17.8 Å². The first-order valence-electron chi connectivity index (χ1n) is 10.9. The van der Waals surface area contributed by atoms with Crippen LogP contribution in [0.25, 0.3) is 16.9 Å². The summed E-state index contributed by atoms with van der Waals surface area (Å²) in [6.45, 7) is 0.373. The van der Waals surface area contributed by atoms with Crippen LogP contribution in [0.1, 0.15) is 21.5 Å². The molecule has 0 saturated heterocycles. The van der Waals surface area contributed by atoms with Crippen molar-refractivity contribution in [1.82, 2.24) is 20.0 Å². The van der Waals surface area contributed by atoms with Gasteiger partial charge in [-0.25, -0.2) is 4.68 Å². The van der Waals surface area contributed by atoms with Gasteiger partial charge in [-0.2, -0.15) is 5.10 Å². The average Bonchev–Trinajstić information content (AvgIpc) is 3.27. The SMILES string of the molecule is CN(C)C(=O)c1ccc(CNC(=O)Cc2cn(-c3ccccc3)nc2-c2ccc(Cl)cc2)cc1. The molecule has 0 saturated carbocycles. The molecule has 6 nitrogen and oxygen atoms in total. The normalized spacial score (nSPS) is 10.7. The Morgan fingerprint density at radius 1 is 0.941 bits per heavy atom. The number of amides is 2. The van der Waals surface area contributed by atoms with Crippen molar-refractivity contribution in [3.8, 4) is 16.9 Å². The molecule has 4 rings (SSSR count). The maximum absolute atomic E-state index is 12.8. The highest BCUT2D eigenvalue weighted by Crippen LogP contribution is 2.25. The molecule has 0 spiro atoms. The molecule has 0 aliphatic rings. The van der Waals surface area contributed by atoms with Crippen LogP contribution in [0, 0.1) is 0 Å². The number of hydrogen-bond donors (Lipinski definition) is 1. The monoisotopic (exact) mass is 472 g/mol. The number of aromatic nitrogens is 2. The molecule has 1 heterocycles. The van der Waals surface area contributed by atoms with E-state index in [1.54, 1.807) is 30.9 Å². The Morgan fingerprint density at radius 2 is 1.62 bits per heavy atom. The molecule has 1 N–H and O–H groups in total. The van der Waals surface area contributed by atoms with Crippen LogP contribution in [0.5, 0.6) is 0 Å². The number of halogens is 1. The molecule has 3 aromatic carbocycles. The van der Waals surface area contributed by atoms with Gasteiger partial charge in [0, 0.05) is 48.5 Å². The third-order valence-corrected chi connectivity index (χ3v) is 5.63. The molecule has 0 aliphatic heterocycles. The Hall–Kier alpha value is -3.90. The van der Waals surface area contributed by atoms with Gasteiger partial charge in [0.25, 0.3) is 5.91 Å². The largest absolute Gasteiger partial charge is 0.352 e. The average molecular weight is 473 g/mol. The molecule has 4 aromatic rings. The van der Waals surface area contributed by atoms with Gasteiger partial charge in [0.1, 0.15) is 0 Å². The first-order chi connectivity index (χ1) is 16.4. The summed E-state index contributed by atoms with van der Waals surface area (Å²) in [6, 6.07) is 24.4. The van der Waals surface area contributed by atoms with Gasteiger partial charge in [0.2, 0.25) is 5.91 Å². The zero-order valence-corrected chi connectivity index (χ0v) is 19.8. The van der Waals surface area contributed by atoms with Crippen molar-refractivity contribution in [1.29, 1.82) is 0 Å². The lowest BCUT2D eigenvalue weighted by Crippen LogP contribution is -2.25. The predicted molar refractivity (Wildman–Crippen MR) is 134 cm³/mol. The molecule has 0 radical (unpaired) electrons. The van der Waals surface area contributed by atoms with Crippen molar-refractivity contribution in [2.45, 2.75) is 13.0 Å². The van der Waals surface area contributed by atoms with Crippen LogP contribution in [-0.2, 0) is 17.8 Å². The number of carbonyl (C=O) groups is 2. The maximum Gasteiger partial charge on any atom is 0.253 e. The van der Waals surface area contributed by atoms with E-state index in [4.69, 9.17) is 16.7 Å². The van der Waals surface area contributed by atoms with E-state index in [1.807, 2.05) is 72.9 Å². The van der Waals surface area contributed by atoms with Crippen LogP contribution in [0.2, 0.25) is 5.02 Å². The summed E-state index contributed by atoms with van der Waals surface area (Å²) in [7, 11) is 3.43. The van der Waals surface area contributed by atoms with Gasteiger partial charge in [0.15, 0.2) is 0 Å². The standard InChI is InChI=1S/C27H25ClN4O2/c1-31(2)27(34)21-10-8-19(9-11-21)17-29-25(33)16-22-18-32(24-6-4-3-5-7-24)30-26(22)20-12-14-23(28)15-13-20/h3-15,18H,16-17H2,1-2H3,(H,29,33). The Bertz CT molecular complexity index is 1280. The van der Waals surface area contributed by atoms with Crippen LogP contribution in [0.15, 0.2) is 85.1 Å². The fraction of sp³-hybridized carbons (Fsp3) is 0.148. The number of rotatable bonds is 7. The van der Waals surface area contributed by atoms with Crippen LogP contribution >= 0.6 is 11.6 Å². The summed E-state index contributed by atoms with van der Waals surface area (Å²) in [4.78, 5) is 26.4. The number of hydrogen-bond acceptors (Lipinski definition) is 3. The summed E-state index contributed by atoms with van der Waals surface area (Å²) in [6.07, 6.45) is 2.07. The molecule has 7 heteroatoms. The summed E-state index contributed by atoms with van der Waals surface area (Å²) in [5.74, 6) is -0.169. The number of carbonyl (C=O) groups excluding carboxylic acids is 2. The van der Waals surface area contributed by atoms with Crippen molar-refractivity contribution < 1.29 is 9.59 Å². The van der Waals surface area contributed by atoms with E-state index in [2.05, 4.69) is 5.32 Å². The molecule has 2 amide bonds. The first kappa shape index (κ1) is 23.3. The third kappa shape index (κ3) is 5.53. The fourth-order valence-corrected chi connectivity index (χ4v) is 3.69. The summed E-state index contributed by atoms with van der Waals surface area (Å²) in [5.41, 5.74) is 4.89. The minimum absolute atomic E-state index is 0.0549. The molecule has 0 unspecified atom stereocenters. The number of nitrogens with one attached hydrogen (secondary N) is 1. The van der Waals surface area contributed by atoms with Crippen molar-refractivity contribution in [2.24, 2.45) is 0 Å². The lowest BCUT2D eigenvalue weighted by atomic mass is 10.1. The van der Waals surface area contributed by atoms with Gasteiger partial charge >= 0.3 is 0 Å². The summed E-state index contributed by atoms with van der Waals surface area (Å²) >= 11 is 6.06. The van der Waals surface area contributed by atoms with Gasteiger partial charge in [-0.15, -0.1) is 0 Å². The van der Waals surface area contributed by atoms with Gasteiger partial charge < -0.3 is 10.2 Å². The molecule has 34 heavy (non-hydrogen) atoms. The van der Waals surface area contributed by atoms with E-state index in [0.29, 0.717) is 17.1 Å². The number of para-hydroxylation sites is 1. The Balaban J connectivity index is 1.50. The van der Waals surface area contributed by atoms with E-state index in [0.717, 1.165) is 28.1 Å². The van der Waals surface area contributed by atoms with E-state index in [9.17, 15) is 9.59 Å². The second-order valence-electron chi connectivity index (χ2n) is 8.14. The minimum Gasteiger partial charge on any atom is -0.352 e. The Morgan fingerprint density at radius 3 is 2.26 bits per heavy atom. The Labute approximate surface area is 203 Å². The van der Waals surface area contributed by atoms with E-state index in [1.165, 1.54) is 4.90 Å². The second kappa shape index (κ2) is 10.4. The smallest absolute Gasteiger partial charge is 0.253 e. The minimum atomic E-state index is -0.115. The van der Waals surface area contributed by atoms with Crippen LogP contribution in [0.3, 0.4) is 0 Å². The molecule has 0 fully saturated rings. The van der Waals surface area contributed by atoms with Crippen LogP contribution in [0.4, 0.5) is 0 Å². The molecular weight excluding hydrogens is 448 g/mol. The van der Waals surface area contributed by atoms with Gasteiger partial charge in [-0.1, -0.05) is 54.1 Å². The predicted octanol–water partition coefficient (Wildman–Crippen LogP) is 4.75. The summed E-state index contributed by atoms with van der Waals surface area (Å²) < 4.78 is 1.78. The summed E-state index contributed by atoms with van der Waals surface area (Å²) in [5, 5.41) is 8.36. The fourth-order valence-electron chi connectivity index (χ4n) is 3.56. The Kier molecular flexibility index (Phi) is 7.09. The third-order valence-electron chi connectivity index (χ3n) is 5.38. The number of nitrogens with zero attached hydrogens (tertiary/aromatic N) is 3. The van der Waals surface area contributed by atoms with E-state index < -0.39 is 0 Å². The molecular formula is C27H25ClN4O2. The zero-order chi connectivity index (χ0) is 24.1. The van der Waals surface area contributed by atoms with E-state index >= 15 is 0 Å². The quantitative estimate of drug-likeness (QED) is 0.422. The highest BCUT2D eigenvalue weighted by Gasteiger charge is 2.16. The van der Waals surface area contributed by atoms with Crippen molar-refractivity contribution >= 4 is 23.4 Å². The van der Waals surface area contributed by atoms with Crippen molar-refractivity contribution in [3.63, 3.8) is 0 Å². The van der Waals surface area contributed by atoms with Gasteiger partial charge in [-0.05, 0) is 42.0 Å². The van der Waals surface area contributed by atoms with Crippen LogP contribution < -0.4 is 5.32 Å². The lowest BCUT2D eigenvalue weighted by Gasteiger charge is -2.11. The van der Waals surface area contributed by atoms with Crippen LogP contribution in [-0.4, -0.2) is 40.6 Å². The van der Waals surface area contributed by atoms with E-state index in [-0.39, 0.29) is 18.2 Å². The maximum atomic E-state index is 12.8. The highest BCUT2D eigenvalue weighted by atomic mass is 35.5. The molecule has 0 bridgehead atoms. The zero-order valence-electron chi connectivity index (χ0n) is 19.0. The number of benzene rings is 3. The molecule has 0 atom stereocenters. The molecule has 0 aliphatic carbocycles. The second-order valence-corrected chi connectivity index (χ2v) is 8.58. The first-order valence-corrected chi connectivity index (χ1v) is 11.3. The topological polar surface area (TPSA) is 67.2 Å². The van der Waals surface area contributed by atoms with Crippen molar-refractivity contribution in [3.05, 3.63) is 107 Å². The van der Waals surface area contributed by atoms with Gasteiger partial charge in [-0.3, -0.25) is 9.59 Å². The molecule has 1 aromatic heterocycles.